The van der Waals surface area contributed by atoms with Crippen molar-refractivity contribution in [3.63, 3.8) is 0 Å². The molecule has 0 N–H and O–H groups in total. The Bertz CT molecular complexity index is 586. The molecule has 146 valence electrons. The molecule has 5 nitrogen and oxygen atoms in total. The SMILES string of the molecule is CCCC(OC(=O)CCCC(=O)OCc1cc(Br)ccc1OC)C(C)C. The van der Waals surface area contributed by atoms with Gasteiger partial charge in [-0.1, -0.05) is 43.1 Å². The van der Waals surface area contributed by atoms with E-state index in [1.807, 2.05) is 32.0 Å². The molecule has 0 spiro atoms. The molecule has 0 fully saturated rings. The summed E-state index contributed by atoms with van der Waals surface area (Å²) < 4.78 is 16.9. The number of hydrogen-bond acceptors (Lipinski definition) is 5. The van der Waals surface area contributed by atoms with E-state index in [0.29, 0.717) is 18.1 Å². The Kier molecular flexibility index (Phi) is 10.3. The maximum Gasteiger partial charge on any atom is 0.306 e. The van der Waals surface area contributed by atoms with E-state index in [9.17, 15) is 9.59 Å². The van der Waals surface area contributed by atoms with Crippen LogP contribution in [-0.4, -0.2) is 25.2 Å². The van der Waals surface area contributed by atoms with Gasteiger partial charge in [-0.05, 0) is 37.0 Å². The molecule has 0 aliphatic carbocycles. The molecule has 0 bridgehead atoms. The van der Waals surface area contributed by atoms with E-state index in [-0.39, 0.29) is 37.5 Å². The van der Waals surface area contributed by atoms with Gasteiger partial charge in [-0.2, -0.15) is 0 Å². The first kappa shape index (κ1) is 22.5. The normalized spacial score (nSPS) is 11.9. The monoisotopic (exact) mass is 428 g/mol. The van der Waals surface area contributed by atoms with Crippen molar-refractivity contribution in [3.8, 4) is 5.75 Å². The Hall–Kier alpha value is -1.56. The van der Waals surface area contributed by atoms with Crippen LogP contribution in [0.1, 0.15) is 58.4 Å². The van der Waals surface area contributed by atoms with Crippen molar-refractivity contribution in [2.24, 2.45) is 5.92 Å². The number of esters is 2. The molecule has 6 heteroatoms. The standard InChI is InChI=1S/C20H29BrO5/c1-5-7-17(14(2)3)26-20(23)9-6-8-19(22)25-13-15-12-16(21)10-11-18(15)24-4/h10-12,14,17H,5-9,13H2,1-4H3. The van der Waals surface area contributed by atoms with Crippen LogP contribution in [0.2, 0.25) is 0 Å². The first-order valence-corrected chi connectivity index (χ1v) is 9.84. The maximum atomic E-state index is 11.9. The van der Waals surface area contributed by atoms with Crippen LogP contribution in [0.3, 0.4) is 0 Å². The summed E-state index contributed by atoms with van der Waals surface area (Å²) in [7, 11) is 1.57. The highest BCUT2D eigenvalue weighted by Crippen LogP contribution is 2.23. The summed E-state index contributed by atoms with van der Waals surface area (Å²) in [5.74, 6) is 0.372. The van der Waals surface area contributed by atoms with Gasteiger partial charge in [-0.15, -0.1) is 0 Å². The van der Waals surface area contributed by atoms with Gasteiger partial charge in [0.15, 0.2) is 0 Å². The molecule has 1 unspecified atom stereocenters. The summed E-state index contributed by atoms with van der Waals surface area (Å²) >= 11 is 3.38. The topological polar surface area (TPSA) is 61.8 Å². The number of ether oxygens (including phenoxy) is 3. The highest BCUT2D eigenvalue weighted by atomic mass is 79.9. The number of carbonyl (C=O) groups excluding carboxylic acids is 2. The Labute approximate surface area is 164 Å². The number of hydrogen-bond donors (Lipinski definition) is 0. The summed E-state index contributed by atoms with van der Waals surface area (Å²) in [6, 6.07) is 5.52. The van der Waals surface area contributed by atoms with Crippen LogP contribution in [0.4, 0.5) is 0 Å². The van der Waals surface area contributed by atoms with Crippen LogP contribution < -0.4 is 4.74 Å². The zero-order valence-corrected chi connectivity index (χ0v) is 17.6. The van der Waals surface area contributed by atoms with E-state index in [4.69, 9.17) is 14.2 Å². The summed E-state index contributed by atoms with van der Waals surface area (Å²) in [5, 5.41) is 0. The Morgan fingerprint density at radius 1 is 1.15 bits per heavy atom. The average molecular weight is 429 g/mol. The lowest BCUT2D eigenvalue weighted by Gasteiger charge is -2.20. The van der Waals surface area contributed by atoms with Gasteiger partial charge in [-0.25, -0.2) is 0 Å². The Balaban J connectivity index is 2.34. The molecule has 1 atom stereocenters. The van der Waals surface area contributed by atoms with E-state index >= 15 is 0 Å². The van der Waals surface area contributed by atoms with Crippen molar-refractivity contribution in [3.05, 3.63) is 28.2 Å². The van der Waals surface area contributed by atoms with Gasteiger partial charge in [0, 0.05) is 22.9 Å². The predicted octanol–water partition coefficient (Wildman–Crippen LogP) is 5.04. The summed E-state index contributed by atoms with van der Waals surface area (Å²) in [6.45, 7) is 6.29. The van der Waals surface area contributed by atoms with E-state index in [2.05, 4.69) is 22.9 Å². The van der Waals surface area contributed by atoms with E-state index in [1.165, 1.54) is 0 Å². The van der Waals surface area contributed by atoms with Crippen LogP contribution in [0, 0.1) is 5.92 Å². The van der Waals surface area contributed by atoms with Crippen molar-refractivity contribution in [1.29, 1.82) is 0 Å². The second-order valence-electron chi connectivity index (χ2n) is 6.53. The smallest absolute Gasteiger partial charge is 0.306 e. The van der Waals surface area contributed by atoms with Crippen LogP contribution in [0.15, 0.2) is 22.7 Å². The molecular formula is C20H29BrO5. The molecule has 0 radical (unpaired) electrons. The number of rotatable bonds is 11. The average Bonchev–Trinajstić information content (AvgIpc) is 2.59. The van der Waals surface area contributed by atoms with Gasteiger partial charge in [0.05, 0.1) is 7.11 Å². The number of halogens is 1. The third-order valence-corrected chi connectivity index (χ3v) is 4.49. The second-order valence-corrected chi connectivity index (χ2v) is 7.45. The minimum Gasteiger partial charge on any atom is -0.496 e. The van der Waals surface area contributed by atoms with Crippen molar-refractivity contribution < 1.29 is 23.8 Å². The quantitative estimate of drug-likeness (QED) is 0.462. The third-order valence-electron chi connectivity index (χ3n) is 3.99. The molecule has 0 amide bonds. The van der Waals surface area contributed by atoms with Crippen molar-refractivity contribution >= 4 is 27.9 Å². The number of benzene rings is 1. The summed E-state index contributed by atoms with van der Waals surface area (Å²) in [6.07, 6.45) is 2.61. The van der Waals surface area contributed by atoms with Gasteiger partial charge < -0.3 is 14.2 Å². The van der Waals surface area contributed by atoms with Gasteiger partial charge >= 0.3 is 11.9 Å². The molecule has 26 heavy (non-hydrogen) atoms. The molecule has 0 heterocycles. The van der Waals surface area contributed by atoms with Crippen molar-refractivity contribution in [1.82, 2.24) is 0 Å². The molecule has 0 aromatic heterocycles. The van der Waals surface area contributed by atoms with Gasteiger partial charge in [0.1, 0.15) is 18.5 Å². The van der Waals surface area contributed by atoms with Crippen LogP contribution >= 0.6 is 15.9 Å². The fraction of sp³-hybridized carbons (Fsp3) is 0.600. The molecular weight excluding hydrogens is 400 g/mol. The molecule has 1 aromatic rings. The molecule has 0 saturated carbocycles. The lowest BCUT2D eigenvalue weighted by molar-refractivity contribution is -0.152. The minimum atomic E-state index is -0.339. The minimum absolute atomic E-state index is 0.0524. The molecule has 0 aliphatic rings. The largest absolute Gasteiger partial charge is 0.496 e. The summed E-state index contributed by atoms with van der Waals surface area (Å²) in [5.41, 5.74) is 0.786. The highest BCUT2D eigenvalue weighted by Gasteiger charge is 2.17. The number of carbonyl (C=O) groups is 2. The fourth-order valence-electron chi connectivity index (χ4n) is 2.51. The summed E-state index contributed by atoms with van der Waals surface area (Å²) in [4.78, 5) is 23.8. The lowest BCUT2D eigenvalue weighted by Crippen LogP contribution is -2.23. The Morgan fingerprint density at radius 2 is 1.85 bits per heavy atom. The molecule has 1 rings (SSSR count). The van der Waals surface area contributed by atoms with E-state index < -0.39 is 0 Å². The van der Waals surface area contributed by atoms with Gasteiger partial charge in [-0.3, -0.25) is 9.59 Å². The fourth-order valence-corrected chi connectivity index (χ4v) is 2.92. The zero-order chi connectivity index (χ0) is 19.5. The lowest BCUT2D eigenvalue weighted by atomic mass is 10.0. The highest BCUT2D eigenvalue weighted by molar-refractivity contribution is 9.10. The van der Waals surface area contributed by atoms with Crippen LogP contribution in [0.25, 0.3) is 0 Å². The van der Waals surface area contributed by atoms with Crippen LogP contribution in [0.5, 0.6) is 5.75 Å². The third kappa shape index (κ3) is 8.21. The maximum absolute atomic E-state index is 11.9. The molecule has 0 aliphatic heterocycles. The van der Waals surface area contributed by atoms with Crippen LogP contribution in [-0.2, 0) is 25.7 Å². The Morgan fingerprint density at radius 3 is 2.46 bits per heavy atom. The predicted molar refractivity (Wildman–Crippen MR) is 104 cm³/mol. The van der Waals surface area contributed by atoms with E-state index in [1.54, 1.807) is 7.11 Å². The first-order valence-electron chi connectivity index (χ1n) is 9.04. The second kappa shape index (κ2) is 11.9. The molecule has 0 saturated heterocycles. The van der Waals surface area contributed by atoms with Gasteiger partial charge in [0.25, 0.3) is 0 Å². The van der Waals surface area contributed by atoms with Gasteiger partial charge in [0.2, 0.25) is 0 Å². The molecule has 1 aromatic carbocycles. The number of methoxy groups -OCH3 is 1. The van der Waals surface area contributed by atoms with E-state index in [0.717, 1.165) is 22.9 Å². The first-order chi connectivity index (χ1) is 12.4. The van der Waals surface area contributed by atoms with Crippen molar-refractivity contribution in [2.75, 3.05) is 7.11 Å². The van der Waals surface area contributed by atoms with Crippen molar-refractivity contribution in [2.45, 2.75) is 65.6 Å². The zero-order valence-electron chi connectivity index (χ0n) is 16.0.